The summed E-state index contributed by atoms with van der Waals surface area (Å²) < 4.78 is 4.87. The van der Waals surface area contributed by atoms with E-state index in [2.05, 4.69) is 4.98 Å². The molecular weight excluding hydrogens is 220 g/mol. The van der Waals surface area contributed by atoms with E-state index < -0.39 is 12.2 Å². The van der Waals surface area contributed by atoms with Crippen LogP contribution in [0.4, 0.5) is 4.79 Å². The van der Waals surface area contributed by atoms with Crippen LogP contribution >= 0.6 is 0 Å². The van der Waals surface area contributed by atoms with Crippen LogP contribution in [0.2, 0.25) is 0 Å². The van der Waals surface area contributed by atoms with Crippen molar-refractivity contribution in [2.24, 2.45) is 5.73 Å². The number of primary amides is 1. The molecular formula is C12H12N2O3. The van der Waals surface area contributed by atoms with Gasteiger partial charge in [0, 0.05) is 10.9 Å². The molecule has 1 amide bonds. The Morgan fingerprint density at radius 1 is 1.47 bits per heavy atom. The van der Waals surface area contributed by atoms with E-state index in [0.29, 0.717) is 5.69 Å². The number of fused-ring (bicyclic) bond motifs is 1. The Balaban J connectivity index is 2.36. The van der Waals surface area contributed by atoms with Crippen molar-refractivity contribution >= 4 is 23.3 Å². The van der Waals surface area contributed by atoms with Gasteiger partial charge in [0.1, 0.15) is 6.10 Å². The Morgan fingerprint density at radius 3 is 2.88 bits per heavy atom. The molecule has 0 spiro atoms. The lowest BCUT2D eigenvalue weighted by molar-refractivity contribution is 0.111. The third-order valence-electron chi connectivity index (χ3n) is 2.56. The maximum absolute atomic E-state index is 10.6. The van der Waals surface area contributed by atoms with Gasteiger partial charge in [0.05, 0.1) is 5.69 Å². The Labute approximate surface area is 97.6 Å². The van der Waals surface area contributed by atoms with Gasteiger partial charge in [0.25, 0.3) is 0 Å². The largest absolute Gasteiger partial charge is 0.442 e. The molecule has 1 aromatic heterocycles. The molecule has 0 unspecified atom stereocenters. The summed E-state index contributed by atoms with van der Waals surface area (Å²) in [5, 5.41) is 0.933. The van der Waals surface area contributed by atoms with Gasteiger partial charge in [0.2, 0.25) is 0 Å². The van der Waals surface area contributed by atoms with Gasteiger partial charge >= 0.3 is 6.09 Å². The van der Waals surface area contributed by atoms with Gasteiger partial charge in [-0.2, -0.15) is 0 Å². The number of rotatable bonds is 3. The van der Waals surface area contributed by atoms with Crippen LogP contribution in [0.15, 0.2) is 24.3 Å². The highest BCUT2D eigenvalue weighted by Crippen LogP contribution is 2.22. The second-order valence-corrected chi connectivity index (χ2v) is 3.77. The van der Waals surface area contributed by atoms with E-state index in [1.807, 2.05) is 18.2 Å². The zero-order valence-corrected chi connectivity index (χ0v) is 9.27. The lowest BCUT2D eigenvalue weighted by Gasteiger charge is -2.11. The summed E-state index contributed by atoms with van der Waals surface area (Å²) in [7, 11) is 0. The van der Waals surface area contributed by atoms with E-state index in [4.69, 9.17) is 10.5 Å². The average molecular weight is 232 g/mol. The topological polar surface area (TPSA) is 85.2 Å². The molecule has 0 fully saturated rings. The second-order valence-electron chi connectivity index (χ2n) is 3.77. The monoisotopic (exact) mass is 232 g/mol. The van der Waals surface area contributed by atoms with Crippen molar-refractivity contribution in [1.29, 1.82) is 0 Å². The molecule has 0 aliphatic rings. The summed E-state index contributed by atoms with van der Waals surface area (Å²) in [6.07, 6.45) is -0.472. The van der Waals surface area contributed by atoms with E-state index in [0.717, 1.165) is 22.8 Å². The number of aromatic amines is 1. The van der Waals surface area contributed by atoms with Gasteiger partial charge in [0.15, 0.2) is 6.29 Å². The Kier molecular flexibility index (Phi) is 2.82. The molecule has 1 atom stereocenters. The fourth-order valence-electron chi connectivity index (χ4n) is 1.73. The molecule has 0 aliphatic heterocycles. The van der Waals surface area contributed by atoms with E-state index in [-0.39, 0.29) is 0 Å². The summed E-state index contributed by atoms with van der Waals surface area (Å²) in [6, 6.07) is 7.27. The number of benzene rings is 1. The Hall–Kier alpha value is -2.30. The number of aldehydes is 1. The smallest absolute Gasteiger partial charge is 0.405 e. The molecule has 17 heavy (non-hydrogen) atoms. The minimum atomic E-state index is -0.808. The van der Waals surface area contributed by atoms with Crippen LogP contribution in [0.25, 0.3) is 10.9 Å². The molecule has 0 saturated carbocycles. The highest BCUT2D eigenvalue weighted by Gasteiger charge is 2.10. The van der Waals surface area contributed by atoms with Crippen LogP contribution < -0.4 is 5.73 Å². The zero-order chi connectivity index (χ0) is 12.4. The summed E-state index contributed by atoms with van der Waals surface area (Å²) in [4.78, 5) is 24.2. The standard InChI is InChI=1S/C12H12N2O3/c1-7(17-12(13)16)8-2-3-9-4-10(6-15)14-11(9)5-8/h2-7,14H,1H3,(H2,13,16)/t7-/m1/s1. The molecule has 0 aliphatic carbocycles. The van der Waals surface area contributed by atoms with Crippen LogP contribution in [-0.4, -0.2) is 17.4 Å². The van der Waals surface area contributed by atoms with Crippen molar-refractivity contribution in [3.8, 4) is 0 Å². The number of H-pyrrole nitrogens is 1. The first kappa shape index (κ1) is 11.2. The maximum atomic E-state index is 10.6. The molecule has 3 N–H and O–H groups in total. The van der Waals surface area contributed by atoms with E-state index in [9.17, 15) is 9.59 Å². The summed E-state index contributed by atoms with van der Waals surface area (Å²) >= 11 is 0. The van der Waals surface area contributed by atoms with Crippen LogP contribution in [-0.2, 0) is 4.74 Å². The summed E-state index contributed by atoms with van der Waals surface area (Å²) in [5.74, 6) is 0. The highest BCUT2D eigenvalue weighted by molar-refractivity contribution is 5.88. The van der Waals surface area contributed by atoms with Gasteiger partial charge in [-0.25, -0.2) is 4.79 Å². The first-order chi connectivity index (χ1) is 8.10. The predicted molar refractivity (Wildman–Crippen MR) is 62.8 cm³/mol. The molecule has 5 nitrogen and oxygen atoms in total. The van der Waals surface area contributed by atoms with Gasteiger partial charge in [-0.3, -0.25) is 4.79 Å². The van der Waals surface area contributed by atoms with Crippen molar-refractivity contribution in [2.45, 2.75) is 13.0 Å². The van der Waals surface area contributed by atoms with Gasteiger partial charge < -0.3 is 15.5 Å². The van der Waals surface area contributed by atoms with E-state index >= 15 is 0 Å². The zero-order valence-electron chi connectivity index (χ0n) is 9.27. The number of nitrogens with one attached hydrogen (secondary N) is 1. The third-order valence-corrected chi connectivity index (χ3v) is 2.56. The number of ether oxygens (including phenoxy) is 1. The van der Waals surface area contributed by atoms with Crippen LogP contribution in [0, 0.1) is 0 Å². The number of nitrogens with two attached hydrogens (primary N) is 1. The molecule has 0 bridgehead atoms. The van der Waals surface area contributed by atoms with Crippen molar-refractivity contribution in [2.75, 3.05) is 0 Å². The summed E-state index contributed by atoms with van der Waals surface area (Å²) in [5.41, 5.74) is 7.11. The van der Waals surface area contributed by atoms with Gasteiger partial charge in [-0.05, 0) is 24.6 Å². The Morgan fingerprint density at radius 2 is 2.24 bits per heavy atom. The SMILES string of the molecule is C[C@@H](OC(N)=O)c1ccc2cc(C=O)[nH]c2c1. The molecule has 1 heterocycles. The minimum Gasteiger partial charge on any atom is -0.442 e. The molecule has 0 radical (unpaired) electrons. The highest BCUT2D eigenvalue weighted by atomic mass is 16.6. The quantitative estimate of drug-likeness (QED) is 0.795. The number of hydrogen-bond donors (Lipinski definition) is 2. The molecule has 2 aromatic rings. The van der Waals surface area contributed by atoms with Crippen molar-refractivity contribution in [3.63, 3.8) is 0 Å². The fraction of sp³-hybridized carbons (Fsp3) is 0.167. The molecule has 2 rings (SSSR count). The first-order valence-corrected chi connectivity index (χ1v) is 5.14. The lowest BCUT2D eigenvalue weighted by atomic mass is 10.1. The Bertz CT molecular complexity index is 574. The predicted octanol–water partition coefficient (Wildman–Crippen LogP) is 2.14. The molecule has 1 aromatic carbocycles. The molecule has 0 saturated heterocycles. The molecule has 88 valence electrons. The van der Waals surface area contributed by atoms with Crippen LogP contribution in [0.1, 0.15) is 29.1 Å². The summed E-state index contributed by atoms with van der Waals surface area (Å²) in [6.45, 7) is 1.73. The molecule has 5 heteroatoms. The van der Waals surface area contributed by atoms with Crippen molar-refractivity contribution in [3.05, 3.63) is 35.5 Å². The number of amides is 1. The van der Waals surface area contributed by atoms with E-state index in [1.165, 1.54) is 0 Å². The maximum Gasteiger partial charge on any atom is 0.405 e. The third kappa shape index (κ3) is 2.28. The number of carbonyl (C=O) groups excluding carboxylic acids is 2. The van der Waals surface area contributed by atoms with Crippen molar-refractivity contribution in [1.82, 2.24) is 4.98 Å². The normalized spacial score (nSPS) is 12.3. The number of hydrogen-bond acceptors (Lipinski definition) is 3. The first-order valence-electron chi connectivity index (χ1n) is 5.14. The van der Waals surface area contributed by atoms with Gasteiger partial charge in [-0.15, -0.1) is 0 Å². The second kappa shape index (κ2) is 4.29. The number of aromatic nitrogens is 1. The van der Waals surface area contributed by atoms with Crippen LogP contribution in [0.3, 0.4) is 0 Å². The average Bonchev–Trinajstić information content (AvgIpc) is 2.69. The van der Waals surface area contributed by atoms with Gasteiger partial charge in [-0.1, -0.05) is 12.1 Å². The minimum absolute atomic E-state index is 0.417. The van der Waals surface area contributed by atoms with Crippen LogP contribution in [0.5, 0.6) is 0 Å². The lowest BCUT2D eigenvalue weighted by Crippen LogP contribution is -2.15. The fourth-order valence-corrected chi connectivity index (χ4v) is 1.73. The van der Waals surface area contributed by atoms with Crippen molar-refractivity contribution < 1.29 is 14.3 Å². The van der Waals surface area contributed by atoms with E-state index in [1.54, 1.807) is 13.0 Å². The number of carbonyl (C=O) groups is 2.